The largest absolute Gasteiger partial charge is 0.444 e. The Balaban J connectivity index is 1.58. The molecule has 1 aliphatic carbocycles. The number of carbonyl (C=O) groups is 1. The minimum absolute atomic E-state index is 0.136. The van der Waals surface area contributed by atoms with Crippen LogP contribution in [0.3, 0.4) is 0 Å². The maximum Gasteiger partial charge on any atom is 0.266 e. The lowest BCUT2D eigenvalue weighted by molar-refractivity contribution is 0.102. The van der Waals surface area contributed by atoms with E-state index in [9.17, 15) is 4.79 Å². The van der Waals surface area contributed by atoms with Crippen LogP contribution >= 0.6 is 22.9 Å². The van der Waals surface area contributed by atoms with Gasteiger partial charge in [0.2, 0.25) is 0 Å². The Labute approximate surface area is 175 Å². The molecular formula is C21H16N4O2S2. The van der Waals surface area contributed by atoms with Gasteiger partial charge in [-0.1, -0.05) is 11.3 Å². The molecule has 1 N–H and O–H groups in total. The van der Waals surface area contributed by atoms with E-state index in [2.05, 4.69) is 19.7 Å². The third-order valence-electron chi connectivity index (χ3n) is 4.80. The van der Waals surface area contributed by atoms with Crippen LogP contribution in [0.25, 0.3) is 10.4 Å². The SMILES string of the molecule is Cc1ncccc1Oc1sc(C(=O)Nc2ccncc2)c2c1-c1sncc1CC2. The maximum atomic E-state index is 13.1. The molecule has 4 heterocycles. The average molecular weight is 421 g/mol. The molecule has 4 aromatic heterocycles. The number of rotatable bonds is 4. The van der Waals surface area contributed by atoms with Crippen molar-refractivity contribution in [2.45, 2.75) is 19.8 Å². The van der Waals surface area contributed by atoms with Crippen LogP contribution < -0.4 is 10.1 Å². The standard InChI is InChI=1S/C21H16N4O2S2/c1-12-16(3-2-8-23-12)27-21-17-15(5-4-13-11-24-29-18(13)17)19(28-21)20(26)25-14-6-9-22-10-7-14/h2-3,6-11H,4-5H2,1H3,(H,22,25,26). The normalized spacial score (nSPS) is 12.2. The predicted octanol–water partition coefficient (Wildman–Crippen LogP) is 5.11. The fraction of sp³-hybridized carbons (Fsp3) is 0.143. The molecule has 0 aromatic carbocycles. The Kier molecular flexibility index (Phi) is 4.57. The van der Waals surface area contributed by atoms with Crippen LogP contribution in [0.5, 0.6) is 10.8 Å². The third-order valence-corrected chi connectivity index (χ3v) is 6.76. The maximum absolute atomic E-state index is 13.1. The van der Waals surface area contributed by atoms with Gasteiger partial charge in [0, 0.05) is 30.5 Å². The predicted molar refractivity (Wildman–Crippen MR) is 114 cm³/mol. The Bertz CT molecular complexity index is 1200. The topological polar surface area (TPSA) is 77.0 Å². The van der Waals surface area contributed by atoms with E-state index in [-0.39, 0.29) is 5.91 Å². The van der Waals surface area contributed by atoms with E-state index < -0.39 is 0 Å². The number of aromatic nitrogens is 3. The van der Waals surface area contributed by atoms with Crippen LogP contribution in [0.1, 0.15) is 26.5 Å². The number of ether oxygens (including phenoxy) is 1. The van der Waals surface area contributed by atoms with Gasteiger partial charge in [-0.2, -0.15) is 0 Å². The summed E-state index contributed by atoms with van der Waals surface area (Å²) >= 11 is 2.82. The molecule has 144 valence electrons. The minimum Gasteiger partial charge on any atom is -0.444 e. The fourth-order valence-corrected chi connectivity index (χ4v) is 5.41. The zero-order valence-electron chi connectivity index (χ0n) is 15.5. The second-order valence-corrected chi connectivity index (χ2v) is 8.42. The molecule has 0 atom stereocenters. The first kappa shape index (κ1) is 18.0. The number of pyridine rings is 2. The van der Waals surface area contributed by atoms with Gasteiger partial charge in [-0.05, 0) is 66.7 Å². The number of fused-ring (bicyclic) bond motifs is 3. The summed E-state index contributed by atoms with van der Waals surface area (Å²) in [6, 6.07) is 7.28. The highest BCUT2D eigenvalue weighted by Crippen LogP contribution is 2.50. The van der Waals surface area contributed by atoms with E-state index in [0.717, 1.165) is 34.5 Å². The molecule has 1 amide bonds. The van der Waals surface area contributed by atoms with E-state index in [4.69, 9.17) is 4.74 Å². The molecule has 0 aliphatic heterocycles. The molecule has 8 heteroatoms. The van der Waals surface area contributed by atoms with Crippen molar-refractivity contribution < 1.29 is 9.53 Å². The van der Waals surface area contributed by atoms with E-state index in [1.807, 2.05) is 25.3 Å². The van der Waals surface area contributed by atoms with E-state index in [1.54, 1.807) is 30.7 Å². The van der Waals surface area contributed by atoms with E-state index in [0.29, 0.717) is 21.4 Å². The van der Waals surface area contributed by atoms with Crippen molar-refractivity contribution in [3.8, 4) is 21.3 Å². The molecule has 1 aliphatic rings. The smallest absolute Gasteiger partial charge is 0.266 e. The molecule has 0 saturated carbocycles. The summed E-state index contributed by atoms with van der Waals surface area (Å²) in [5.74, 6) is 0.553. The Morgan fingerprint density at radius 1 is 1.17 bits per heavy atom. The van der Waals surface area contributed by atoms with Crippen molar-refractivity contribution in [3.63, 3.8) is 0 Å². The zero-order valence-corrected chi connectivity index (χ0v) is 17.1. The third kappa shape index (κ3) is 3.30. The lowest BCUT2D eigenvalue weighted by Crippen LogP contribution is -2.13. The van der Waals surface area contributed by atoms with Gasteiger partial charge in [0.1, 0.15) is 5.75 Å². The lowest BCUT2D eigenvalue weighted by Gasteiger charge is -2.14. The number of hydrogen-bond donors (Lipinski definition) is 1. The number of amides is 1. The van der Waals surface area contributed by atoms with Crippen LogP contribution in [-0.2, 0) is 12.8 Å². The molecular weight excluding hydrogens is 404 g/mol. The number of thiophene rings is 1. The van der Waals surface area contributed by atoms with Crippen molar-refractivity contribution in [2.75, 3.05) is 5.32 Å². The Hall–Kier alpha value is -3.10. The van der Waals surface area contributed by atoms with Crippen molar-refractivity contribution in [1.29, 1.82) is 0 Å². The molecule has 0 unspecified atom stereocenters. The highest BCUT2D eigenvalue weighted by molar-refractivity contribution is 7.17. The monoisotopic (exact) mass is 420 g/mol. The summed E-state index contributed by atoms with van der Waals surface area (Å²) in [7, 11) is 0. The van der Waals surface area contributed by atoms with E-state index >= 15 is 0 Å². The first-order valence-electron chi connectivity index (χ1n) is 9.11. The van der Waals surface area contributed by atoms with Gasteiger partial charge in [-0.15, -0.1) is 0 Å². The molecule has 0 bridgehead atoms. The van der Waals surface area contributed by atoms with Gasteiger partial charge < -0.3 is 10.1 Å². The molecule has 0 fully saturated rings. The molecule has 4 aromatic rings. The summed E-state index contributed by atoms with van der Waals surface area (Å²) in [6.45, 7) is 1.91. The quantitative estimate of drug-likeness (QED) is 0.496. The number of carbonyl (C=O) groups excluding carboxylic acids is 1. The second kappa shape index (κ2) is 7.38. The van der Waals surface area contributed by atoms with Crippen molar-refractivity contribution in [1.82, 2.24) is 14.3 Å². The van der Waals surface area contributed by atoms with Gasteiger partial charge in [0.25, 0.3) is 5.91 Å². The number of nitrogens with zero attached hydrogens (tertiary/aromatic N) is 3. The number of aryl methyl sites for hydroxylation is 2. The van der Waals surface area contributed by atoms with Crippen LogP contribution in [-0.4, -0.2) is 20.2 Å². The van der Waals surface area contributed by atoms with E-state index in [1.165, 1.54) is 28.4 Å². The van der Waals surface area contributed by atoms with Crippen LogP contribution in [0.4, 0.5) is 5.69 Å². The summed E-state index contributed by atoms with van der Waals surface area (Å²) in [4.78, 5) is 23.1. The molecule has 29 heavy (non-hydrogen) atoms. The number of hydrogen-bond acceptors (Lipinski definition) is 7. The van der Waals surface area contributed by atoms with Crippen LogP contribution in [0.2, 0.25) is 0 Å². The summed E-state index contributed by atoms with van der Waals surface area (Å²) in [5.41, 5.74) is 4.73. The van der Waals surface area contributed by atoms with Crippen LogP contribution in [0, 0.1) is 6.92 Å². The Morgan fingerprint density at radius 3 is 2.86 bits per heavy atom. The molecule has 6 nitrogen and oxygen atoms in total. The fourth-order valence-electron chi connectivity index (χ4n) is 3.37. The van der Waals surface area contributed by atoms with Gasteiger partial charge in [0.15, 0.2) is 5.06 Å². The lowest BCUT2D eigenvalue weighted by atomic mass is 9.93. The summed E-state index contributed by atoms with van der Waals surface area (Å²) < 4.78 is 10.6. The van der Waals surface area contributed by atoms with Gasteiger partial charge in [0.05, 0.1) is 21.0 Å². The van der Waals surface area contributed by atoms with Crippen molar-refractivity contribution >= 4 is 34.5 Å². The zero-order chi connectivity index (χ0) is 19.8. The first-order valence-corrected chi connectivity index (χ1v) is 10.7. The first-order chi connectivity index (χ1) is 14.2. The van der Waals surface area contributed by atoms with Gasteiger partial charge >= 0.3 is 0 Å². The number of anilines is 1. The molecule has 0 radical (unpaired) electrons. The summed E-state index contributed by atoms with van der Waals surface area (Å²) in [6.07, 6.45) is 8.62. The summed E-state index contributed by atoms with van der Waals surface area (Å²) in [5, 5.41) is 3.68. The Morgan fingerprint density at radius 2 is 2.03 bits per heavy atom. The highest BCUT2D eigenvalue weighted by atomic mass is 32.1. The van der Waals surface area contributed by atoms with Crippen LogP contribution in [0.15, 0.2) is 49.1 Å². The van der Waals surface area contributed by atoms with Gasteiger partial charge in [-0.25, -0.2) is 4.37 Å². The van der Waals surface area contributed by atoms with Gasteiger partial charge in [-0.3, -0.25) is 14.8 Å². The minimum atomic E-state index is -0.136. The second-order valence-electron chi connectivity index (χ2n) is 6.63. The van der Waals surface area contributed by atoms with Crippen molar-refractivity contribution in [3.05, 3.63) is 70.8 Å². The molecule has 5 rings (SSSR count). The highest BCUT2D eigenvalue weighted by Gasteiger charge is 2.31. The molecule has 0 spiro atoms. The molecule has 0 saturated heterocycles. The average Bonchev–Trinajstić information content (AvgIpc) is 3.35. The number of nitrogens with one attached hydrogen (secondary N) is 1. The van der Waals surface area contributed by atoms with Crippen molar-refractivity contribution in [2.24, 2.45) is 0 Å².